The number of rotatable bonds is 3. The van der Waals surface area contributed by atoms with Gasteiger partial charge in [-0.05, 0) is 24.3 Å². The second kappa shape index (κ2) is 5.31. The molecule has 20 heavy (non-hydrogen) atoms. The standard InChI is InChI=1S/C12H14N4O3S/c17-20(18,16-5-7-19-8-6-16)11-3-1-10(2-4-11)12-13-9-14-15-12/h1-4,9H,5-8H2,(H,13,14,15). The summed E-state index contributed by atoms with van der Waals surface area (Å²) in [6, 6.07) is 6.60. The number of nitrogens with one attached hydrogen (secondary N) is 1. The molecule has 0 atom stereocenters. The minimum absolute atomic E-state index is 0.280. The molecule has 1 aliphatic heterocycles. The first-order valence-corrected chi connectivity index (χ1v) is 7.65. The smallest absolute Gasteiger partial charge is 0.243 e. The number of hydrogen-bond donors (Lipinski definition) is 1. The molecule has 1 aromatic heterocycles. The summed E-state index contributed by atoms with van der Waals surface area (Å²) in [5.41, 5.74) is 0.795. The Morgan fingerprint density at radius 1 is 1.15 bits per heavy atom. The summed E-state index contributed by atoms with van der Waals surface area (Å²) in [6.07, 6.45) is 1.41. The molecule has 3 rings (SSSR count). The van der Waals surface area contributed by atoms with Crippen LogP contribution in [0.3, 0.4) is 0 Å². The Morgan fingerprint density at radius 2 is 1.85 bits per heavy atom. The number of sulfonamides is 1. The Bertz CT molecular complexity index is 661. The van der Waals surface area contributed by atoms with Crippen LogP contribution < -0.4 is 0 Å². The lowest BCUT2D eigenvalue weighted by Gasteiger charge is -2.26. The normalized spacial score (nSPS) is 17.2. The molecule has 0 bridgehead atoms. The fraction of sp³-hybridized carbons (Fsp3) is 0.333. The van der Waals surface area contributed by atoms with Gasteiger partial charge in [0.05, 0.1) is 18.1 Å². The number of aromatic amines is 1. The van der Waals surface area contributed by atoms with Crippen LogP contribution in [0.4, 0.5) is 0 Å². The summed E-state index contributed by atoms with van der Waals surface area (Å²) in [4.78, 5) is 4.31. The molecule has 0 aliphatic carbocycles. The van der Waals surface area contributed by atoms with Gasteiger partial charge in [0.2, 0.25) is 10.0 Å². The van der Waals surface area contributed by atoms with Gasteiger partial charge in [-0.15, -0.1) is 0 Å². The Labute approximate surface area is 116 Å². The molecular weight excluding hydrogens is 280 g/mol. The highest BCUT2D eigenvalue weighted by molar-refractivity contribution is 7.89. The molecule has 1 aliphatic rings. The maximum absolute atomic E-state index is 12.4. The SMILES string of the molecule is O=S(=O)(c1ccc(-c2ncn[nH]2)cc1)N1CCOCC1. The molecule has 7 nitrogen and oxygen atoms in total. The molecule has 0 saturated carbocycles. The Kier molecular flexibility index (Phi) is 3.51. The van der Waals surface area contributed by atoms with Crippen molar-refractivity contribution in [2.75, 3.05) is 26.3 Å². The van der Waals surface area contributed by atoms with Crippen molar-refractivity contribution in [2.24, 2.45) is 0 Å². The topological polar surface area (TPSA) is 88.2 Å². The Morgan fingerprint density at radius 3 is 2.45 bits per heavy atom. The zero-order chi connectivity index (χ0) is 14.0. The molecule has 8 heteroatoms. The summed E-state index contributed by atoms with van der Waals surface area (Å²) >= 11 is 0. The van der Waals surface area contributed by atoms with Crippen LogP contribution >= 0.6 is 0 Å². The summed E-state index contributed by atoms with van der Waals surface area (Å²) in [7, 11) is -3.44. The number of benzene rings is 1. The Hall–Kier alpha value is -1.77. The van der Waals surface area contributed by atoms with E-state index in [1.807, 2.05) is 0 Å². The molecule has 0 radical (unpaired) electrons. The molecule has 0 spiro atoms. The van der Waals surface area contributed by atoms with Crippen LogP contribution in [-0.4, -0.2) is 54.2 Å². The van der Waals surface area contributed by atoms with Crippen molar-refractivity contribution in [2.45, 2.75) is 4.90 Å². The second-order valence-electron chi connectivity index (χ2n) is 4.37. The highest BCUT2D eigenvalue weighted by Crippen LogP contribution is 2.20. The third-order valence-electron chi connectivity index (χ3n) is 3.15. The molecule has 106 valence electrons. The van der Waals surface area contributed by atoms with Gasteiger partial charge in [-0.1, -0.05) is 0 Å². The number of nitrogens with zero attached hydrogens (tertiary/aromatic N) is 3. The van der Waals surface area contributed by atoms with Crippen molar-refractivity contribution in [3.8, 4) is 11.4 Å². The van der Waals surface area contributed by atoms with Gasteiger partial charge in [-0.25, -0.2) is 13.4 Å². The number of aromatic nitrogens is 3. The van der Waals surface area contributed by atoms with Crippen LogP contribution in [0.1, 0.15) is 0 Å². The van der Waals surface area contributed by atoms with Crippen LogP contribution in [0.5, 0.6) is 0 Å². The number of H-pyrrole nitrogens is 1. The molecule has 0 amide bonds. The lowest BCUT2D eigenvalue weighted by Crippen LogP contribution is -2.40. The molecule has 0 unspecified atom stereocenters. The molecule has 1 N–H and O–H groups in total. The third kappa shape index (κ3) is 2.45. The van der Waals surface area contributed by atoms with Crippen molar-refractivity contribution >= 4 is 10.0 Å². The van der Waals surface area contributed by atoms with Gasteiger partial charge in [0.15, 0.2) is 5.82 Å². The van der Waals surface area contributed by atoms with E-state index in [2.05, 4.69) is 15.2 Å². The van der Waals surface area contributed by atoms with E-state index in [1.165, 1.54) is 10.6 Å². The highest BCUT2D eigenvalue weighted by Gasteiger charge is 2.26. The van der Waals surface area contributed by atoms with Gasteiger partial charge >= 0.3 is 0 Å². The van der Waals surface area contributed by atoms with E-state index in [4.69, 9.17) is 4.74 Å². The average molecular weight is 294 g/mol. The lowest BCUT2D eigenvalue weighted by atomic mass is 10.2. The van der Waals surface area contributed by atoms with Gasteiger partial charge in [0.1, 0.15) is 6.33 Å². The zero-order valence-corrected chi connectivity index (χ0v) is 11.5. The first-order valence-electron chi connectivity index (χ1n) is 6.21. The minimum atomic E-state index is -3.44. The third-order valence-corrected chi connectivity index (χ3v) is 5.06. The minimum Gasteiger partial charge on any atom is -0.379 e. The maximum atomic E-state index is 12.4. The van der Waals surface area contributed by atoms with Crippen molar-refractivity contribution in [3.05, 3.63) is 30.6 Å². The molecule has 2 heterocycles. The molecule has 1 saturated heterocycles. The first kappa shape index (κ1) is 13.2. The van der Waals surface area contributed by atoms with E-state index in [1.54, 1.807) is 24.3 Å². The summed E-state index contributed by atoms with van der Waals surface area (Å²) < 4.78 is 31.5. The number of morpholine rings is 1. The monoisotopic (exact) mass is 294 g/mol. The van der Waals surface area contributed by atoms with Gasteiger partial charge < -0.3 is 4.74 Å². The van der Waals surface area contributed by atoms with E-state index < -0.39 is 10.0 Å². The van der Waals surface area contributed by atoms with Gasteiger partial charge in [0, 0.05) is 18.7 Å². The van der Waals surface area contributed by atoms with Crippen LogP contribution in [-0.2, 0) is 14.8 Å². The molecular formula is C12H14N4O3S. The quantitative estimate of drug-likeness (QED) is 0.890. The van der Waals surface area contributed by atoms with Gasteiger partial charge in [0.25, 0.3) is 0 Å². The summed E-state index contributed by atoms with van der Waals surface area (Å²) in [6.45, 7) is 1.67. The lowest BCUT2D eigenvalue weighted by molar-refractivity contribution is 0.0730. The van der Waals surface area contributed by atoms with Gasteiger partial charge in [-0.2, -0.15) is 9.40 Å². The average Bonchev–Trinajstić information content (AvgIpc) is 3.02. The van der Waals surface area contributed by atoms with E-state index >= 15 is 0 Å². The van der Waals surface area contributed by atoms with Crippen LogP contribution in [0, 0.1) is 0 Å². The predicted molar refractivity (Wildman–Crippen MR) is 71.4 cm³/mol. The van der Waals surface area contributed by atoms with Crippen molar-refractivity contribution < 1.29 is 13.2 Å². The molecule has 1 fully saturated rings. The summed E-state index contributed by atoms with van der Waals surface area (Å²) in [5, 5.41) is 6.50. The molecule has 1 aromatic carbocycles. The largest absolute Gasteiger partial charge is 0.379 e. The van der Waals surface area contributed by atoms with E-state index in [-0.39, 0.29) is 4.90 Å². The van der Waals surface area contributed by atoms with Gasteiger partial charge in [-0.3, -0.25) is 5.10 Å². The van der Waals surface area contributed by atoms with Crippen LogP contribution in [0.2, 0.25) is 0 Å². The molecule has 2 aromatic rings. The van der Waals surface area contributed by atoms with E-state index in [9.17, 15) is 8.42 Å². The number of hydrogen-bond acceptors (Lipinski definition) is 5. The van der Waals surface area contributed by atoms with Crippen molar-refractivity contribution in [1.29, 1.82) is 0 Å². The highest BCUT2D eigenvalue weighted by atomic mass is 32.2. The maximum Gasteiger partial charge on any atom is 0.243 e. The predicted octanol–water partition coefficient (Wildman–Crippen LogP) is 0.493. The number of ether oxygens (including phenoxy) is 1. The van der Waals surface area contributed by atoms with Crippen molar-refractivity contribution in [3.63, 3.8) is 0 Å². The fourth-order valence-corrected chi connectivity index (χ4v) is 3.47. The second-order valence-corrected chi connectivity index (χ2v) is 6.31. The summed E-state index contributed by atoms with van der Waals surface area (Å²) in [5.74, 6) is 0.611. The zero-order valence-electron chi connectivity index (χ0n) is 10.7. The van der Waals surface area contributed by atoms with Crippen molar-refractivity contribution in [1.82, 2.24) is 19.5 Å². The van der Waals surface area contributed by atoms with E-state index in [0.29, 0.717) is 32.1 Å². The fourth-order valence-electron chi connectivity index (χ4n) is 2.07. The first-order chi connectivity index (χ1) is 9.68. The van der Waals surface area contributed by atoms with Crippen LogP contribution in [0.25, 0.3) is 11.4 Å². The van der Waals surface area contributed by atoms with E-state index in [0.717, 1.165) is 5.56 Å². The Balaban J connectivity index is 1.87. The van der Waals surface area contributed by atoms with Crippen LogP contribution in [0.15, 0.2) is 35.5 Å².